The van der Waals surface area contributed by atoms with Crippen molar-refractivity contribution in [1.82, 2.24) is 0 Å². The Morgan fingerprint density at radius 3 is 2.60 bits per heavy atom. The van der Waals surface area contributed by atoms with Crippen LogP contribution in [0.25, 0.3) is 0 Å². The highest BCUT2D eigenvalue weighted by Crippen LogP contribution is 2.20. The van der Waals surface area contributed by atoms with E-state index in [2.05, 4.69) is 0 Å². The first-order chi connectivity index (χ1) is 7.06. The van der Waals surface area contributed by atoms with E-state index in [9.17, 15) is 14.0 Å². The molecule has 0 bridgehead atoms. The number of carbonyl (C=O) groups is 2. The van der Waals surface area contributed by atoms with Crippen LogP contribution in [0.3, 0.4) is 0 Å². The molecule has 0 fully saturated rings. The molecule has 0 saturated heterocycles. The summed E-state index contributed by atoms with van der Waals surface area (Å²) in [6.07, 6.45) is 0. The van der Waals surface area contributed by atoms with Crippen LogP contribution in [0.15, 0.2) is 18.2 Å². The maximum atomic E-state index is 12.9. The average Bonchev–Trinajstić information content (AvgIpc) is 2.20. The van der Waals surface area contributed by atoms with Crippen LogP contribution in [0.2, 0.25) is 0 Å². The second-order valence-electron chi connectivity index (χ2n) is 2.96. The van der Waals surface area contributed by atoms with Crippen LogP contribution in [0.4, 0.5) is 4.39 Å². The minimum absolute atomic E-state index is 0.0237. The van der Waals surface area contributed by atoms with E-state index in [1.54, 1.807) is 6.92 Å². The van der Waals surface area contributed by atoms with E-state index < -0.39 is 17.4 Å². The van der Waals surface area contributed by atoms with Gasteiger partial charge >= 0.3 is 0 Å². The number of hydrogen-bond donors (Lipinski definition) is 0. The van der Waals surface area contributed by atoms with Crippen molar-refractivity contribution < 1.29 is 18.7 Å². The van der Waals surface area contributed by atoms with Gasteiger partial charge in [0.1, 0.15) is 11.6 Å². The molecule has 0 amide bonds. The fourth-order valence-corrected chi connectivity index (χ4v) is 1.15. The van der Waals surface area contributed by atoms with Crippen molar-refractivity contribution in [3.05, 3.63) is 29.6 Å². The summed E-state index contributed by atoms with van der Waals surface area (Å²) in [5.41, 5.74) is -0.0237. The lowest BCUT2D eigenvalue weighted by Crippen LogP contribution is -2.12. The number of hydrogen-bond acceptors (Lipinski definition) is 3. The van der Waals surface area contributed by atoms with Crippen LogP contribution < -0.4 is 4.74 Å². The van der Waals surface area contributed by atoms with Crippen molar-refractivity contribution in [1.29, 1.82) is 0 Å². The molecular formula is C11H11FO3. The molecule has 0 radical (unpaired) electrons. The van der Waals surface area contributed by atoms with Crippen LogP contribution in [-0.2, 0) is 4.79 Å². The fraction of sp³-hybridized carbons (Fsp3) is 0.273. The third-order valence-corrected chi connectivity index (χ3v) is 1.81. The van der Waals surface area contributed by atoms with Gasteiger partial charge in [-0.2, -0.15) is 0 Å². The number of carbonyl (C=O) groups excluding carboxylic acids is 2. The van der Waals surface area contributed by atoms with Gasteiger partial charge in [0, 0.05) is 6.92 Å². The third-order valence-electron chi connectivity index (χ3n) is 1.81. The molecule has 80 valence electrons. The molecule has 1 aromatic carbocycles. The summed E-state index contributed by atoms with van der Waals surface area (Å²) in [4.78, 5) is 22.3. The van der Waals surface area contributed by atoms with Crippen LogP contribution in [-0.4, -0.2) is 18.2 Å². The smallest absolute Gasteiger partial charge is 0.232 e. The molecule has 0 aliphatic heterocycles. The van der Waals surface area contributed by atoms with Gasteiger partial charge in [-0.25, -0.2) is 4.39 Å². The molecule has 15 heavy (non-hydrogen) atoms. The SMILES string of the molecule is CCOc1ccc(F)cc1C(=O)C(C)=O. The Labute approximate surface area is 86.9 Å². The van der Waals surface area contributed by atoms with Gasteiger partial charge in [0.05, 0.1) is 12.2 Å². The van der Waals surface area contributed by atoms with Gasteiger partial charge in [0.15, 0.2) is 5.78 Å². The maximum absolute atomic E-state index is 12.9. The molecule has 4 heteroatoms. The summed E-state index contributed by atoms with van der Waals surface area (Å²) in [7, 11) is 0. The Morgan fingerprint density at radius 1 is 1.40 bits per heavy atom. The molecule has 0 N–H and O–H groups in total. The fourth-order valence-electron chi connectivity index (χ4n) is 1.15. The minimum Gasteiger partial charge on any atom is -0.493 e. The van der Waals surface area contributed by atoms with Crippen LogP contribution in [0.5, 0.6) is 5.75 Å². The second-order valence-corrected chi connectivity index (χ2v) is 2.96. The van der Waals surface area contributed by atoms with Gasteiger partial charge in [-0.05, 0) is 25.1 Å². The zero-order valence-corrected chi connectivity index (χ0v) is 8.54. The summed E-state index contributed by atoms with van der Waals surface area (Å²) in [6, 6.07) is 3.53. The van der Waals surface area contributed by atoms with E-state index in [1.165, 1.54) is 12.1 Å². The summed E-state index contributed by atoms with van der Waals surface area (Å²) in [5.74, 6) is -1.71. The van der Waals surface area contributed by atoms with Crippen molar-refractivity contribution in [2.45, 2.75) is 13.8 Å². The maximum Gasteiger partial charge on any atom is 0.232 e. The van der Waals surface area contributed by atoms with Gasteiger partial charge in [-0.15, -0.1) is 0 Å². The molecule has 0 aromatic heterocycles. The predicted octanol–water partition coefficient (Wildman–Crippen LogP) is 2.00. The highest BCUT2D eigenvalue weighted by molar-refractivity contribution is 6.43. The van der Waals surface area contributed by atoms with Crippen LogP contribution in [0.1, 0.15) is 24.2 Å². The molecular weight excluding hydrogens is 199 g/mol. The molecule has 0 unspecified atom stereocenters. The van der Waals surface area contributed by atoms with Gasteiger partial charge in [0.2, 0.25) is 5.78 Å². The molecule has 0 heterocycles. The van der Waals surface area contributed by atoms with E-state index in [0.717, 1.165) is 13.0 Å². The molecule has 0 aliphatic rings. The van der Waals surface area contributed by atoms with Gasteiger partial charge < -0.3 is 4.74 Å². The normalized spacial score (nSPS) is 9.80. The zero-order chi connectivity index (χ0) is 11.4. The lowest BCUT2D eigenvalue weighted by Gasteiger charge is -2.07. The Kier molecular flexibility index (Phi) is 3.55. The lowest BCUT2D eigenvalue weighted by atomic mass is 10.1. The summed E-state index contributed by atoms with van der Waals surface area (Å²) in [6.45, 7) is 3.23. The Balaban J connectivity index is 3.17. The Bertz CT molecular complexity index is 399. The summed E-state index contributed by atoms with van der Waals surface area (Å²) >= 11 is 0. The van der Waals surface area contributed by atoms with E-state index >= 15 is 0 Å². The first kappa shape index (κ1) is 11.4. The molecule has 0 spiro atoms. The topological polar surface area (TPSA) is 43.4 Å². The quantitative estimate of drug-likeness (QED) is 0.564. The third kappa shape index (κ3) is 2.62. The predicted molar refractivity (Wildman–Crippen MR) is 52.6 cm³/mol. The number of ketones is 2. The first-order valence-corrected chi connectivity index (χ1v) is 4.54. The largest absolute Gasteiger partial charge is 0.493 e. The number of halogens is 1. The number of benzene rings is 1. The summed E-state index contributed by atoms with van der Waals surface area (Å²) in [5, 5.41) is 0. The molecule has 1 rings (SSSR count). The molecule has 1 aromatic rings. The lowest BCUT2D eigenvalue weighted by molar-refractivity contribution is -0.113. The van der Waals surface area contributed by atoms with Crippen molar-refractivity contribution in [3.63, 3.8) is 0 Å². The number of Topliss-reactive ketones (excluding diaryl/α,β-unsaturated/α-hetero) is 2. The van der Waals surface area contributed by atoms with Gasteiger partial charge in [-0.3, -0.25) is 9.59 Å². The highest BCUT2D eigenvalue weighted by atomic mass is 19.1. The Hall–Kier alpha value is -1.71. The van der Waals surface area contributed by atoms with Crippen molar-refractivity contribution in [2.24, 2.45) is 0 Å². The van der Waals surface area contributed by atoms with E-state index in [1.807, 2.05) is 0 Å². The molecule has 3 nitrogen and oxygen atoms in total. The number of rotatable bonds is 4. The van der Waals surface area contributed by atoms with E-state index in [4.69, 9.17) is 4.74 Å². The van der Waals surface area contributed by atoms with Crippen molar-refractivity contribution >= 4 is 11.6 Å². The Morgan fingerprint density at radius 2 is 2.07 bits per heavy atom. The molecule has 0 atom stereocenters. The van der Waals surface area contributed by atoms with Gasteiger partial charge in [-0.1, -0.05) is 0 Å². The minimum atomic E-state index is -0.738. The van der Waals surface area contributed by atoms with Gasteiger partial charge in [0.25, 0.3) is 0 Å². The van der Waals surface area contributed by atoms with E-state index in [-0.39, 0.29) is 11.3 Å². The average molecular weight is 210 g/mol. The first-order valence-electron chi connectivity index (χ1n) is 4.54. The second kappa shape index (κ2) is 4.68. The standard InChI is InChI=1S/C11H11FO3/c1-3-15-10-5-4-8(12)6-9(10)11(14)7(2)13/h4-6H,3H2,1-2H3. The molecule has 0 aliphatic carbocycles. The van der Waals surface area contributed by atoms with Crippen molar-refractivity contribution in [3.8, 4) is 5.75 Å². The van der Waals surface area contributed by atoms with Crippen LogP contribution >= 0.6 is 0 Å². The van der Waals surface area contributed by atoms with Crippen molar-refractivity contribution in [2.75, 3.05) is 6.61 Å². The summed E-state index contributed by atoms with van der Waals surface area (Å²) < 4.78 is 18.0. The highest BCUT2D eigenvalue weighted by Gasteiger charge is 2.17. The molecule has 0 saturated carbocycles. The zero-order valence-electron chi connectivity index (χ0n) is 8.54. The number of ether oxygens (including phenoxy) is 1. The van der Waals surface area contributed by atoms with E-state index in [0.29, 0.717) is 6.61 Å². The monoisotopic (exact) mass is 210 g/mol. The van der Waals surface area contributed by atoms with Crippen LogP contribution in [0, 0.1) is 5.82 Å².